The molecule has 50 valence electrons. The van der Waals surface area contributed by atoms with E-state index in [2.05, 4.69) is 9.78 Å². The van der Waals surface area contributed by atoms with Gasteiger partial charge in [0.2, 0.25) is 5.78 Å². The van der Waals surface area contributed by atoms with Crippen molar-refractivity contribution in [2.75, 3.05) is 0 Å². The van der Waals surface area contributed by atoms with E-state index in [4.69, 9.17) is 0 Å². The van der Waals surface area contributed by atoms with Crippen molar-refractivity contribution in [3.05, 3.63) is 0 Å². The van der Waals surface area contributed by atoms with Gasteiger partial charge in [-0.1, -0.05) is 6.92 Å². The fraction of sp³-hybridized carbons (Fsp3) is 0.600. The van der Waals surface area contributed by atoms with Gasteiger partial charge in [-0.3, -0.25) is 9.59 Å². The van der Waals surface area contributed by atoms with Crippen LogP contribution in [0.3, 0.4) is 0 Å². The first-order valence-electron chi connectivity index (χ1n) is 2.65. The molecular weight excluding hydrogens is 124 g/mol. The SMILES string of the molecule is CCC(=O)C(=O)C1OO1. The maximum absolute atomic E-state index is 10.5. The smallest absolute Gasteiger partial charge is 0.289 e. The highest BCUT2D eigenvalue weighted by atomic mass is 17.4. The molecule has 1 saturated heterocycles. The molecule has 0 aromatic carbocycles. The molecule has 0 saturated carbocycles. The second-order valence-electron chi connectivity index (χ2n) is 1.67. The Bertz CT molecular complexity index is 147. The molecule has 0 aromatic rings. The van der Waals surface area contributed by atoms with Crippen molar-refractivity contribution in [2.24, 2.45) is 0 Å². The lowest BCUT2D eigenvalue weighted by atomic mass is 10.2. The Labute approximate surface area is 51.7 Å². The molecule has 0 amide bonds. The number of carbonyl (C=O) groups excluding carboxylic acids is 2. The van der Waals surface area contributed by atoms with Crippen molar-refractivity contribution < 1.29 is 19.4 Å². The van der Waals surface area contributed by atoms with E-state index in [1.54, 1.807) is 6.92 Å². The zero-order valence-electron chi connectivity index (χ0n) is 4.92. The van der Waals surface area contributed by atoms with Gasteiger partial charge < -0.3 is 0 Å². The lowest BCUT2D eigenvalue weighted by Crippen LogP contribution is -2.17. The number of hydrogen-bond acceptors (Lipinski definition) is 4. The van der Waals surface area contributed by atoms with Crippen molar-refractivity contribution in [3.8, 4) is 0 Å². The van der Waals surface area contributed by atoms with Crippen molar-refractivity contribution >= 4 is 11.6 Å². The summed E-state index contributed by atoms with van der Waals surface area (Å²) in [7, 11) is 0. The summed E-state index contributed by atoms with van der Waals surface area (Å²) in [6, 6.07) is 0. The van der Waals surface area contributed by atoms with Crippen LogP contribution in [0, 0.1) is 0 Å². The summed E-state index contributed by atoms with van der Waals surface area (Å²) in [5, 5.41) is 0. The lowest BCUT2D eigenvalue weighted by molar-refractivity contribution is -0.137. The highest BCUT2D eigenvalue weighted by molar-refractivity contribution is 6.38. The van der Waals surface area contributed by atoms with Crippen molar-refractivity contribution in [1.29, 1.82) is 0 Å². The van der Waals surface area contributed by atoms with Crippen molar-refractivity contribution in [1.82, 2.24) is 0 Å². The number of ketones is 2. The Kier molecular flexibility index (Phi) is 1.59. The molecule has 0 radical (unpaired) electrons. The van der Waals surface area contributed by atoms with Crippen LogP contribution in [-0.4, -0.2) is 17.9 Å². The average molecular weight is 130 g/mol. The van der Waals surface area contributed by atoms with Crippen LogP contribution in [0.1, 0.15) is 13.3 Å². The third-order valence-electron chi connectivity index (χ3n) is 1.00. The van der Waals surface area contributed by atoms with Crippen LogP contribution in [0.2, 0.25) is 0 Å². The van der Waals surface area contributed by atoms with E-state index in [9.17, 15) is 9.59 Å². The molecule has 0 unspecified atom stereocenters. The Morgan fingerprint density at radius 3 is 2.33 bits per heavy atom. The minimum Gasteiger partial charge on any atom is -0.291 e. The lowest BCUT2D eigenvalue weighted by Gasteiger charge is -1.84. The molecule has 0 atom stereocenters. The zero-order valence-corrected chi connectivity index (χ0v) is 4.92. The minimum absolute atomic E-state index is 0.210. The second kappa shape index (κ2) is 2.24. The fourth-order valence-electron chi connectivity index (χ4n) is 0.421. The van der Waals surface area contributed by atoms with Gasteiger partial charge in [0.1, 0.15) is 0 Å². The third-order valence-corrected chi connectivity index (χ3v) is 1.00. The Morgan fingerprint density at radius 1 is 1.44 bits per heavy atom. The molecule has 0 N–H and O–H groups in total. The Balaban J connectivity index is 2.40. The van der Waals surface area contributed by atoms with Gasteiger partial charge in [0.05, 0.1) is 0 Å². The van der Waals surface area contributed by atoms with Gasteiger partial charge in [0.25, 0.3) is 12.1 Å². The topological polar surface area (TPSA) is 59.2 Å². The second-order valence-corrected chi connectivity index (χ2v) is 1.67. The fourth-order valence-corrected chi connectivity index (χ4v) is 0.421. The van der Waals surface area contributed by atoms with Crippen LogP contribution >= 0.6 is 0 Å². The largest absolute Gasteiger partial charge is 0.291 e. The van der Waals surface area contributed by atoms with Gasteiger partial charge in [0.15, 0.2) is 0 Å². The van der Waals surface area contributed by atoms with Gasteiger partial charge in [-0.2, -0.15) is 9.78 Å². The van der Waals surface area contributed by atoms with Gasteiger partial charge in [-0.25, -0.2) is 0 Å². The van der Waals surface area contributed by atoms with Gasteiger partial charge in [-0.15, -0.1) is 0 Å². The molecule has 1 aliphatic heterocycles. The van der Waals surface area contributed by atoms with E-state index in [1.807, 2.05) is 0 Å². The molecule has 4 nitrogen and oxygen atoms in total. The first-order chi connectivity index (χ1) is 4.25. The van der Waals surface area contributed by atoms with Crippen LogP contribution in [0.15, 0.2) is 0 Å². The summed E-state index contributed by atoms with van der Waals surface area (Å²) in [6.45, 7) is 1.61. The molecule has 1 heterocycles. The Hall–Kier alpha value is -0.740. The maximum Gasteiger partial charge on any atom is 0.289 e. The van der Waals surface area contributed by atoms with E-state index in [1.165, 1.54) is 0 Å². The van der Waals surface area contributed by atoms with E-state index < -0.39 is 17.9 Å². The summed E-state index contributed by atoms with van der Waals surface area (Å²) >= 11 is 0. The molecule has 9 heavy (non-hydrogen) atoms. The monoisotopic (exact) mass is 130 g/mol. The standard InChI is InChI=1S/C5H6O4/c1-2-3(6)4(7)5-8-9-5/h5H,2H2,1H3. The van der Waals surface area contributed by atoms with Gasteiger partial charge >= 0.3 is 0 Å². The Morgan fingerprint density at radius 2 is 2.00 bits per heavy atom. The number of hydrogen-bond donors (Lipinski definition) is 0. The molecular formula is C5H6O4. The van der Waals surface area contributed by atoms with Crippen LogP contribution in [-0.2, 0) is 19.4 Å². The number of rotatable bonds is 3. The molecule has 1 aliphatic rings. The van der Waals surface area contributed by atoms with E-state index in [0.717, 1.165) is 0 Å². The van der Waals surface area contributed by atoms with E-state index in [-0.39, 0.29) is 6.42 Å². The normalized spacial score (nSPS) is 17.4. The molecule has 0 aromatic heterocycles. The van der Waals surface area contributed by atoms with Crippen molar-refractivity contribution in [3.63, 3.8) is 0 Å². The molecule has 1 fully saturated rings. The number of Topliss-reactive ketones (excluding diaryl/α,β-unsaturated/α-hetero) is 2. The molecule has 4 heteroatoms. The first kappa shape index (κ1) is 6.38. The summed E-state index contributed by atoms with van der Waals surface area (Å²) in [6.07, 6.45) is -0.681. The van der Waals surface area contributed by atoms with Crippen LogP contribution in [0.5, 0.6) is 0 Å². The van der Waals surface area contributed by atoms with Crippen LogP contribution in [0.4, 0.5) is 0 Å². The van der Waals surface area contributed by atoms with E-state index >= 15 is 0 Å². The van der Waals surface area contributed by atoms with Crippen LogP contribution in [0.25, 0.3) is 0 Å². The van der Waals surface area contributed by atoms with Gasteiger partial charge in [-0.05, 0) is 0 Å². The molecule has 0 bridgehead atoms. The highest BCUT2D eigenvalue weighted by Crippen LogP contribution is 2.13. The van der Waals surface area contributed by atoms with E-state index in [0.29, 0.717) is 0 Å². The summed E-state index contributed by atoms with van der Waals surface area (Å²) in [4.78, 5) is 29.3. The third kappa shape index (κ3) is 1.34. The summed E-state index contributed by atoms with van der Waals surface area (Å²) in [5.41, 5.74) is 0. The predicted octanol–water partition coefficient (Wildman–Crippen LogP) is -0.177. The quantitative estimate of drug-likeness (QED) is 0.302. The molecule has 0 aliphatic carbocycles. The van der Waals surface area contributed by atoms with Gasteiger partial charge in [0, 0.05) is 6.42 Å². The summed E-state index contributed by atoms with van der Waals surface area (Å²) in [5.74, 6) is -1.03. The number of carbonyl (C=O) groups is 2. The average Bonchev–Trinajstić information content (AvgIpc) is 2.66. The van der Waals surface area contributed by atoms with Crippen LogP contribution < -0.4 is 0 Å². The minimum atomic E-state index is -0.891. The zero-order chi connectivity index (χ0) is 6.85. The maximum atomic E-state index is 10.5. The van der Waals surface area contributed by atoms with Crippen molar-refractivity contribution in [2.45, 2.75) is 19.6 Å². The molecule has 0 spiro atoms. The summed E-state index contributed by atoms with van der Waals surface area (Å²) < 4.78 is 0. The predicted molar refractivity (Wildman–Crippen MR) is 26.3 cm³/mol. The molecule has 1 rings (SSSR count). The first-order valence-corrected chi connectivity index (χ1v) is 2.65. The highest BCUT2D eigenvalue weighted by Gasteiger charge is 2.38.